The summed E-state index contributed by atoms with van der Waals surface area (Å²) >= 11 is 0. The van der Waals surface area contributed by atoms with Crippen molar-refractivity contribution in [1.29, 1.82) is 0 Å². The predicted octanol–water partition coefficient (Wildman–Crippen LogP) is 8.07. The molecule has 5 rings (SSSR count). The Morgan fingerprint density at radius 2 is 1.62 bits per heavy atom. The van der Waals surface area contributed by atoms with E-state index in [1.807, 2.05) is 0 Å². The van der Waals surface area contributed by atoms with Gasteiger partial charge in [-0.25, -0.2) is 0 Å². The van der Waals surface area contributed by atoms with Crippen LogP contribution in [0.5, 0.6) is 0 Å². The summed E-state index contributed by atoms with van der Waals surface area (Å²) in [6.07, 6.45) is 17.5. The first kappa shape index (κ1) is 20.9. The predicted molar refractivity (Wildman–Crippen MR) is 138 cm³/mol. The van der Waals surface area contributed by atoms with Gasteiger partial charge < -0.3 is 0 Å². The van der Waals surface area contributed by atoms with Crippen molar-refractivity contribution < 1.29 is 4.58 Å². The van der Waals surface area contributed by atoms with Gasteiger partial charge >= 0.3 is 0 Å². The van der Waals surface area contributed by atoms with Crippen molar-refractivity contribution in [3.8, 4) is 0 Å². The number of benzene rings is 3. The van der Waals surface area contributed by atoms with Crippen LogP contribution in [-0.4, -0.2) is 17.3 Å². The molecule has 1 saturated carbocycles. The molecule has 0 spiro atoms. The van der Waals surface area contributed by atoms with Gasteiger partial charge in [-0.05, 0) is 54.2 Å². The van der Waals surface area contributed by atoms with Crippen molar-refractivity contribution >= 4 is 28.2 Å². The maximum Gasteiger partial charge on any atom is 0.210 e. The van der Waals surface area contributed by atoms with Crippen LogP contribution in [0, 0.1) is 5.92 Å². The normalized spacial score (nSPS) is 21.4. The lowest BCUT2D eigenvalue weighted by Crippen LogP contribution is -2.30. The molecule has 0 radical (unpaired) electrons. The number of allylic oxidation sites excluding steroid dienone is 3. The average Bonchev–Trinajstić information content (AvgIpc) is 3.42. The third-order valence-electron chi connectivity index (χ3n) is 7.62. The van der Waals surface area contributed by atoms with Crippen molar-refractivity contribution in [1.82, 2.24) is 0 Å². The highest BCUT2D eigenvalue weighted by molar-refractivity contribution is 6.09. The number of fused-ring (bicyclic) bond motifs is 3. The third-order valence-corrected chi connectivity index (χ3v) is 7.62. The third kappa shape index (κ3) is 3.86. The Balaban J connectivity index is 1.54. The summed E-state index contributed by atoms with van der Waals surface area (Å²) in [5.74, 6) is 0.903. The minimum absolute atomic E-state index is 0.0532. The molecule has 0 bridgehead atoms. The average molecular weight is 421 g/mol. The summed E-state index contributed by atoms with van der Waals surface area (Å²) in [4.78, 5) is 0. The first-order valence-electron chi connectivity index (χ1n) is 12.2. The van der Waals surface area contributed by atoms with E-state index in [0.29, 0.717) is 0 Å². The molecule has 1 fully saturated rings. The van der Waals surface area contributed by atoms with Gasteiger partial charge in [0.1, 0.15) is 7.05 Å². The molecule has 1 aliphatic heterocycles. The van der Waals surface area contributed by atoms with E-state index in [0.717, 1.165) is 12.3 Å². The highest BCUT2D eigenvalue weighted by Crippen LogP contribution is 2.46. The van der Waals surface area contributed by atoms with Gasteiger partial charge in [0.25, 0.3) is 0 Å². The SMILES string of the molecule is C[N+]1=C(/C=C/c2ccccc2)C(C)(C/C=C/CC2CCCC2)c2c1ccc1ccccc21. The van der Waals surface area contributed by atoms with Crippen molar-refractivity contribution in [3.63, 3.8) is 0 Å². The standard InChI is InChI=1S/C31H34N/c1-31(23-11-10-16-24-14-6-7-15-24)29(22-19-25-12-4-3-5-13-25)32(2)28-21-20-26-17-8-9-18-27(26)30(28)31/h3-5,8-13,17-22,24H,6-7,14-16,23H2,1-2H3/q+1/b11-10+,22-19+. The van der Waals surface area contributed by atoms with Crippen molar-refractivity contribution in [2.75, 3.05) is 7.05 Å². The van der Waals surface area contributed by atoms with Crippen LogP contribution in [0.2, 0.25) is 0 Å². The molecule has 1 atom stereocenters. The summed E-state index contributed by atoms with van der Waals surface area (Å²) in [6.45, 7) is 2.44. The Morgan fingerprint density at radius 1 is 0.875 bits per heavy atom. The second kappa shape index (κ2) is 8.90. The molecule has 3 aromatic rings. The second-order valence-corrected chi connectivity index (χ2v) is 9.76. The van der Waals surface area contributed by atoms with Gasteiger partial charge in [0, 0.05) is 17.7 Å². The molecule has 0 amide bonds. The zero-order valence-electron chi connectivity index (χ0n) is 19.4. The summed E-state index contributed by atoms with van der Waals surface area (Å²) in [7, 11) is 2.23. The van der Waals surface area contributed by atoms with Gasteiger partial charge in [-0.1, -0.05) is 92.4 Å². The van der Waals surface area contributed by atoms with E-state index in [4.69, 9.17) is 0 Å². The molecule has 162 valence electrons. The molecule has 1 heterocycles. The molecule has 1 nitrogen and oxygen atoms in total. The maximum atomic E-state index is 2.46. The second-order valence-electron chi connectivity index (χ2n) is 9.76. The topological polar surface area (TPSA) is 3.01 Å². The number of nitrogens with zero attached hydrogens (tertiary/aromatic N) is 1. The number of hydrogen-bond acceptors (Lipinski definition) is 0. The molecule has 32 heavy (non-hydrogen) atoms. The fraction of sp³-hybridized carbons (Fsp3) is 0.323. The minimum Gasteiger partial charge on any atom is -0.198 e. The molecule has 3 aromatic carbocycles. The van der Waals surface area contributed by atoms with E-state index >= 15 is 0 Å². The molecular weight excluding hydrogens is 386 g/mol. The van der Waals surface area contributed by atoms with E-state index in [1.165, 1.54) is 65.4 Å². The summed E-state index contributed by atoms with van der Waals surface area (Å²) in [6, 6.07) is 24.1. The molecule has 1 aliphatic carbocycles. The molecule has 0 saturated heterocycles. The Labute approximate surface area is 192 Å². The van der Waals surface area contributed by atoms with Gasteiger partial charge in [-0.2, -0.15) is 4.58 Å². The van der Waals surface area contributed by atoms with Crippen LogP contribution in [0.4, 0.5) is 5.69 Å². The molecule has 1 heteroatoms. The Hall–Kier alpha value is -2.93. The monoisotopic (exact) mass is 420 g/mol. The molecule has 2 aliphatic rings. The zero-order valence-corrected chi connectivity index (χ0v) is 19.4. The van der Waals surface area contributed by atoms with Crippen LogP contribution in [0.3, 0.4) is 0 Å². The maximum absolute atomic E-state index is 2.46. The van der Waals surface area contributed by atoms with E-state index in [2.05, 4.69) is 110 Å². The zero-order chi connectivity index (χ0) is 22.0. The summed E-state index contributed by atoms with van der Waals surface area (Å²) in [5, 5.41) is 2.71. The van der Waals surface area contributed by atoms with Crippen molar-refractivity contribution in [2.24, 2.45) is 5.92 Å². The summed E-state index contributed by atoms with van der Waals surface area (Å²) in [5.41, 5.74) is 5.37. The lowest BCUT2D eigenvalue weighted by Gasteiger charge is -2.22. The van der Waals surface area contributed by atoms with Gasteiger partial charge in [0.05, 0.1) is 5.41 Å². The highest BCUT2D eigenvalue weighted by atomic mass is 15.0. The lowest BCUT2D eigenvalue weighted by molar-refractivity contribution is -0.401. The lowest BCUT2D eigenvalue weighted by atomic mass is 9.74. The number of hydrogen-bond donors (Lipinski definition) is 0. The first-order chi connectivity index (χ1) is 15.7. The van der Waals surface area contributed by atoms with Crippen molar-refractivity contribution in [3.05, 3.63) is 96.1 Å². The van der Waals surface area contributed by atoms with Crippen molar-refractivity contribution in [2.45, 2.75) is 50.9 Å². The minimum atomic E-state index is -0.0532. The van der Waals surface area contributed by atoms with E-state index in [-0.39, 0.29) is 5.41 Å². The Kier molecular flexibility index (Phi) is 5.83. The van der Waals surface area contributed by atoms with Crippen LogP contribution in [0.1, 0.15) is 56.6 Å². The quantitative estimate of drug-likeness (QED) is 0.280. The Morgan fingerprint density at radius 3 is 2.44 bits per heavy atom. The van der Waals surface area contributed by atoms with Crippen LogP contribution in [0.25, 0.3) is 16.8 Å². The van der Waals surface area contributed by atoms with Crippen LogP contribution >= 0.6 is 0 Å². The fourth-order valence-corrected chi connectivity index (χ4v) is 5.84. The molecule has 0 N–H and O–H groups in total. The van der Waals surface area contributed by atoms with E-state index in [9.17, 15) is 0 Å². The summed E-state index contributed by atoms with van der Waals surface area (Å²) < 4.78 is 2.41. The van der Waals surface area contributed by atoms with Gasteiger partial charge in [0.15, 0.2) is 5.71 Å². The first-order valence-corrected chi connectivity index (χ1v) is 12.2. The van der Waals surface area contributed by atoms with Crippen LogP contribution in [0.15, 0.2) is 85.0 Å². The molecule has 0 aromatic heterocycles. The van der Waals surface area contributed by atoms with E-state index in [1.54, 1.807) is 0 Å². The van der Waals surface area contributed by atoms with Gasteiger partial charge in [-0.3, -0.25) is 0 Å². The largest absolute Gasteiger partial charge is 0.210 e. The fourth-order valence-electron chi connectivity index (χ4n) is 5.84. The molecule has 1 unspecified atom stereocenters. The number of rotatable bonds is 6. The van der Waals surface area contributed by atoms with E-state index < -0.39 is 0 Å². The van der Waals surface area contributed by atoms with Crippen LogP contribution < -0.4 is 0 Å². The van der Waals surface area contributed by atoms with Gasteiger partial charge in [0.2, 0.25) is 5.69 Å². The smallest absolute Gasteiger partial charge is 0.198 e. The van der Waals surface area contributed by atoms with Crippen LogP contribution in [-0.2, 0) is 5.41 Å². The Bertz CT molecular complexity index is 1190. The van der Waals surface area contributed by atoms with Gasteiger partial charge in [-0.15, -0.1) is 0 Å². The molecular formula is C31H34N+. The highest BCUT2D eigenvalue weighted by Gasteiger charge is 2.46.